The molecule has 0 bridgehead atoms. The van der Waals surface area contributed by atoms with Crippen LogP contribution in [0.15, 0.2) is 103 Å². The summed E-state index contributed by atoms with van der Waals surface area (Å²) in [6.07, 6.45) is 3.89. The maximum absolute atomic E-state index is 4.61. The van der Waals surface area contributed by atoms with Crippen molar-refractivity contribution in [1.82, 2.24) is 9.55 Å². The van der Waals surface area contributed by atoms with E-state index < -0.39 is 0 Å². The second-order valence-corrected chi connectivity index (χ2v) is 9.42. The van der Waals surface area contributed by atoms with Crippen LogP contribution in [0.4, 0.5) is 0 Å². The summed E-state index contributed by atoms with van der Waals surface area (Å²) in [5, 5.41) is 0. The second kappa shape index (κ2) is 10.2. The minimum absolute atomic E-state index is 0. The number of benzene rings is 4. The molecule has 0 fully saturated rings. The van der Waals surface area contributed by atoms with Crippen LogP contribution in [0.3, 0.4) is 0 Å². The van der Waals surface area contributed by atoms with Crippen LogP contribution in [0.2, 0.25) is 0 Å². The number of rotatable bonds is 5. The normalized spacial score (nSPS) is 11.2. The van der Waals surface area contributed by atoms with E-state index in [2.05, 4.69) is 116 Å². The average molecular weight is 634 g/mol. The van der Waals surface area contributed by atoms with Crippen molar-refractivity contribution in [2.75, 3.05) is 0 Å². The zero-order valence-electron chi connectivity index (χ0n) is 20.5. The van der Waals surface area contributed by atoms with E-state index in [0.717, 1.165) is 11.4 Å². The Labute approximate surface area is 222 Å². The molecule has 1 heterocycles. The predicted octanol–water partition coefficient (Wildman–Crippen LogP) is 7.95. The summed E-state index contributed by atoms with van der Waals surface area (Å²) in [7, 11) is 0. The predicted molar refractivity (Wildman–Crippen MR) is 141 cm³/mol. The molecule has 0 aliphatic rings. The Hall–Kier alpha value is -3.26. The van der Waals surface area contributed by atoms with Gasteiger partial charge in [-0.3, -0.25) is 4.98 Å². The van der Waals surface area contributed by atoms with Gasteiger partial charge in [0.05, 0.1) is 5.82 Å². The molecule has 5 aromatic rings. The third-order valence-electron chi connectivity index (χ3n) is 6.76. The van der Waals surface area contributed by atoms with Crippen molar-refractivity contribution < 1.29 is 20.1 Å². The SMILES string of the molecule is Cc1cc(-c2ccc(C(C)(C)c3ccccc3)cc2)cc(C)c1-n1ccnc1-c1[c-]cccc1.[Ir]. The number of hydrogen-bond acceptors (Lipinski definition) is 1. The first-order chi connectivity index (χ1) is 16.4. The Morgan fingerprint density at radius 2 is 1.37 bits per heavy atom. The summed E-state index contributed by atoms with van der Waals surface area (Å²) in [6.45, 7) is 8.93. The smallest absolute Gasteiger partial charge is 0.0602 e. The Kier molecular flexibility index (Phi) is 7.21. The van der Waals surface area contributed by atoms with E-state index >= 15 is 0 Å². The summed E-state index contributed by atoms with van der Waals surface area (Å²) >= 11 is 0. The summed E-state index contributed by atoms with van der Waals surface area (Å²) in [5.74, 6) is 0.909. The Balaban J connectivity index is 0.00000289. The molecule has 0 saturated carbocycles. The van der Waals surface area contributed by atoms with Crippen LogP contribution in [0.25, 0.3) is 28.2 Å². The quantitative estimate of drug-likeness (QED) is 0.180. The summed E-state index contributed by atoms with van der Waals surface area (Å²) in [6, 6.07) is 35.6. The summed E-state index contributed by atoms with van der Waals surface area (Å²) in [4.78, 5) is 4.61. The van der Waals surface area contributed by atoms with Crippen molar-refractivity contribution in [3.63, 3.8) is 0 Å². The Morgan fingerprint density at radius 3 is 2.00 bits per heavy atom. The number of imidazole rings is 1. The molecule has 0 N–H and O–H groups in total. The number of nitrogens with zero attached hydrogens (tertiary/aromatic N) is 2. The van der Waals surface area contributed by atoms with E-state index in [1.54, 1.807) is 0 Å². The third kappa shape index (κ3) is 4.80. The monoisotopic (exact) mass is 634 g/mol. The fraction of sp³-hybridized carbons (Fsp3) is 0.156. The topological polar surface area (TPSA) is 17.8 Å². The van der Waals surface area contributed by atoms with Crippen LogP contribution in [-0.4, -0.2) is 9.55 Å². The average Bonchev–Trinajstić information content (AvgIpc) is 3.34. The van der Waals surface area contributed by atoms with Crippen LogP contribution >= 0.6 is 0 Å². The molecule has 3 heteroatoms. The van der Waals surface area contributed by atoms with Gasteiger partial charge in [-0.2, -0.15) is 0 Å². The van der Waals surface area contributed by atoms with Gasteiger partial charge in [0.1, 0.15) is 0 Å². The number of aryl methyl sites for hydroxylation is 2. The van der Waals surface area contributed by atoms with Crippen molar-refractivity contribution in [2.45, 2.75) is 33.1 Å². The van der Waals surface area contributed by atoms with Crippen LogP contribution < -0.4 is 0 Å². The molecule has 0 unspecified atom stereocenters. The fourth-order valence-corrected chi connectivity index (χ4v) is 4.82. The molecule has 0 spiro atoms. The Bertz CT molecular complexity index is 1390. The van der Waals surface area contributed by atoms with Gasteiger partial charge in [-0.1, -0.05) is 68.4 Å². The van der Waals surface area contributed by atoms with Crippen molar-refractivity contribution in [1.29, 1.82) is 0 Å². The molecule has 4 aromatic carbocycles. The largest absolute Gasteiger partial charge is 0.340 e. The molecule has 35 heavy (non-hydrogen) atoms. The van der Waals surface area contributed by atoms with Gasteiger partial charge >= 0.3 is 0 Å². The number of aromatic nitrogens is 2. The van der Waals surface area contributed by atoms with E-state index in [1.807, 2.05) is 30.6 Å². The van der Waals surface area contributed by atoms with Gasteiger partial charge < -0.3 is 4.57 Å². The molecule has 0 atom stereocenters. The fourth-order valence-electron chi connectivity index (χ4n) is 4.82. The molecule has 2 nitrogen and oxygen atoms in total. The van der Waals surface area contributed by atoms with Crippen LogP contribution in [0.5, 0.6) is 0 Å². The van der Waals surface area contributed by atoms with Crippen molar-refractivity contribution in [3.05, 3.63) is 132 Å². The standard InChI is InChI=1S/C32H29N2.Ir/c1-23-21-27(25-15-17-29(18-16-25)32(3,4)28-13-9-6-10-14-28)22-24(2)30(23)34-20-19-33-31(34)26-11-7-5-8-12-26;/h5-11,13-22H,1-4H3;/q-1;. The van der Waals surface area contributed by atoms with Crippen LogP contribution in [0, 0.1) is 19.9 Å². The van der Waals surface area contributed by atoms with E-state index in [-0.39, 0.29) is 25.5 Å². The van der Waals surface area contributed by atoms with E-state index in [0.29, 0.717) is 0 Å². The maximum Gasteiger partial charge on any atom is 0.0602 e. The minimum atomic E-state index is -0.0399. The van der Waals surface area contributed by atoms with Crippen LogP contribution in [0.1, 0.15) is 36.1 Å². The molecule has 0 aliphatic heterocycles. The first-order valence-corrected chi connectivity index (χ1v) is 11.7. The minimum Gasteiger partial charge on any atom is -0.340 e. The maximum atomic E-state index is 4.61. The van der Waals surface area contributed by atoms with Gasteiger partial charge in [-0.15, -0.1) is 35.9 Å². The second-order valence-electron chi connectivity index (χ2n) is 9.42. The molecular weight excluding hydrogens is 605 g/mol. The van der Waals surface area contributed by atoms with Gasteiger partial charge in [0, 0.05) is 43.6 Å². The molecule has 0 amide bonds. The van der Waals surface area contributed by atoms with Crippen LogP contribution in [-0.2, 0) is 25.5 Å². The van der Waals surface area contributed by atoms with Crippen molar-refractivity contribution in [3.8, 4) is 28.2 Å². The molecule has 5 rings (SSSR count). The van der Waals surface area contributed by atoms with Gasteiger partial charge in [-0.25, -0.2) is 0 Å². The molecule has 1 aromatic heterocycles. The zero-order chi connectivity index (χ0) is 23.7. The first-order valence-electron chi connectivity index (χ1n) is 11.7. The number of hydrogen-bond donors (Lipinski definition) is 0. The summed E-state index contributed by atoms with van der Waals surface area (Å²) < 4.78 is 2.17. The Morgan fingerprint density at radius 1 is 0.743 bits per heavy atom. The van der Waals surface area contributed by atoms with Gasteiger partial charge in [0.15, 0.2) is 0 Å². The van der Waals surface area contributed by atoms with Gasteiger partial charge in [0.25, 0.3) is 0 Å². The molecular formula is C32H29IrN2-. The molecule has 177 valence electrons. The third-order valence-corrected chi connectivity index (χ3v) is 6.76. The molecule has 1 radical (unpaired) electrons. The van der Waals surface area contributed by atoms with Crippen molar-refractivity contribution in [2.24, 2.45) is 0 Å². The first kappa shape index (κ1) is 24.9. The van der Waals surface area contributed by atoms with E-state index in [4.69, 9.17) is 0 Å². The van der Waals surface area contributed by atoms with E-state index in [9.17, 15) is 0 Å². The summed E-state index contributed by atoms with van der Waals surface area (Å²) in [5.41, 5.74) is 9.67. The molecule has 0 aliphatic carbocycles. The van der Waals surface area contributed by atoms with Gasteiger partial charge in [-0.05, 0) is 59.4 Å². The zero-order valence-corrected chi connectivity index (χ0v) is 22.9. The van der Waals surface area contributed by atoms with Crippen molar-refractivity contribution >= 4 is 0 Å². The van der Waals surface area contributed by atoms with Gasteiger partial charge in [0.2, 0.25) is 0 Å². The molecule has 0 saturated heterocycles. The van der Waals surface area contributed by atoms with E-state index in [1.165, 1.54) is 39.1 Å².